The third-order valence-electron chi connectivity index (χ3n) is 3.32. The molecule has 0 unspecified atom stereocenters. The third-order valence-corrected chi connectivity index (χ3v) is 3.32. The van der Waals surface area contributed by atoms with E-state index in [1.54, 1.807) is 4.52 Å². The van der Waals surface area contributed by atoms with Crippen LogP contribution in [0, 0.1) is 6.92 Å². The molecule has 0 bridgehead atoms. The van der Waals surface area contributed by atoms with E-state index in [0.29, 0.717) is 5.78 Å². The number of piperazine rings is 1. The van der Waals surface area contributed by atoms with E-state index in [-0.39, 0.29) is 0 Å². The van der Waals surface area contributed by atoms with Gasteiger partial charge in [0.15, 0.2) is 0 Å². The Morgan fingerprint density at radius 2 is 2.21 bits per heavy atom. The van der Waals surface area contributed by atoms with Gasteiger partial charge in [-0.25, -0.2) is 4.98 Å². The predicted molar refractivity (Wildman–Crippen MR) is 73.3 cm³/mol. The van der Waals surface area contributed by atoms with Crippen LogP contribution in [0.5, 0.6) is 0 Å². The summed E-state index contributed by atoms with van der Waals surface area (Å²) in [5, 5.41) is 11.0. The van der Waals surface area contributed by atoms with E-state index in [9.17, 15) is 0 Å². The lowest BCUT2D eigenvalue weighted by atomic mass is 10.3. The van der Waals surface area contributed by atoms with Crippen LogP contribution in [0.4, 0.5) is 5.82 Å². The molecular weight excluding hydrogens is 242 g/mol. The van der Waals surface area contributed by atoms with Crippen molar-refractivity contribution in [2.24, 2.45) is 0 Å². The van der Waals surface area contributed by atoms with Crippen molar-refractivity contribution >= 4 is 11.6 Å². The topological polar surface area (TPSA) is 70.4 Å². The zero-order valence-electron chi connectivity index (χ0n) is 11.1. The Balaban J connectivity index is 1.63. The summed E-state index contributed by atoms with van der Waals surface area (Å²) >= 11 is 0. The van der Waals surface area contributed by atoms with Crippen LogP contribution in [0.3, 0.4) is 0 Å². The van der Waals surface area contributed by atoms with Crippen LogP contribution < -0.4 is 10.6 Å². The summed E-state index contributed by atoms with van der Waals surface area (Å²) in [5.74, 6) is 1.60. The van der Waals surface area contributed by atoms with Gasteiger partial charge < -0.3 is 10.6 Å². The number of anilines is 1. The number of aromatic nitrogens is 4. The van der Waals surface area contributed by atoms with E-state index in [1.807, 2.05) is 13.0 Å². The largest absolute Gasteiger partial charge is 0.369 e. The summed E-state index contributed by atoms with van der Waals surface area (Å²) in [7, 11) is 0. The van der Waals surface area contributed by atoms with Crippen molar-refractivity contribution in [1.82, 2.24) is 29.8 Å². The maximum absolute atomic E-state index is 4.32. The standard InChI is InChI=1S/C12H19N7/c1-10-8-11(19-12(17-10)15-9-16-19)14-4-7-18-5-2-13-3-6-18/h8-9,13-14H,2-7H2,1H3. The van der Waals surface area contributed by atoms with Crippen molar-refractivity contribution in [1.29, 1.82) is 0 Å². The van der Waals surface area contributed by atoms with Gasteiger partial charge in [-0.1, -0.05) is 0 Å². The van der Waals surface area contributed by atoms with Crippen molar-refractivity contribution in [2.75, 3.05) is 44.6 Å². The van der Waals surface area contributed by atoms with Crippen molar-refractivity contribution in [3.05, 3.63) is 18.1 Å². The monoisotopic (exact) mass is 261 g/mol. The highest BCUT2D eigenvalue weighted by atomic mass is 15.4. The molecule has 0 atom stereocenters. The Labute approximate surface area is 112 Å². The van der Waals surface area contributed by atoms with Gasteiger partial charge in [0.1, 0.15) is 12.1 Å². The van der Waals surface area contributed by atoms with Crippen LogP contribution in [0.1, 0.15) is 5.69 Å². The summed E-state index contributed by atoms with van der Waals surface area (Å²) in [6.45, 7) is 8.32. The summed E-state index contributed by atoms with van der Waals surface area (Å²) in [6.07, 6.45) is 1.53. The number of rotatable bonds is 4. The molecule has 2 aromatic rings. The van der Waals surface area contributed by atoms with Gasteiger partial charge >= 0.3 is 0 Å². The SMILES string of the molecule is Cc1cc(NCCN2CCNCC2)n2ncnc2n1. The van der Waals surface area contributed by atoms with Gasteiger partial charge in [0.2, 0.25) is 0 Å². The second-order valence-corrected chi connectivity index (χ2v) is 4.77. The zero-order valence-corrected chi connectivity index (χ0v) is 11.1. The van der Waals surface area contributed by atoms with Gasteiger partial charge in [-0.05, 0) is 6.92 Å². The minimum atomic E-state index is 0.643. The molecule has 0 aromatic carbocycles. The molecule has 19 heavy (non-hydrogen) atoms. The molecule has 2 aromatic heterocycles. The zero-order chi connectivity index (χ0) is 13.1. The number of hydrogen-bond donors (Lipinski definition) is 2. The van der Waals surface area contributed by atoms with Crippen molar-refractivity contribution in [2.45, 2.75) is 6.92 Å². The number of nitrogens with one attached hydrogen (secondary N) is 2. The molecule has 3 rings (SSSR count). The Morgan fingerprint density at radius 1 is 1.37 bits per heavy atom. The Morgan fingerprint density at radius 3 is 3.05 bits per heavy atom. The van der Waals surface area contributed by atoms with Crippen LogP contribution in [0.15, 0.2) is 12.4 Å². The summed E-state index contributed by atoms with van der Waals surface area (Å²) in [6, 6.07) is 2.00. The molecule has 0 amide bonds. The highest BCUT2D eigenvalue weighted by molar-refractivity contribution is 5.44. The lowest BCUT2D eigenvalue weighted by Crippen LogP contribution is -2.45. The van der Waals surface area contributed by atoms with Crippen LogP contribution in [0.25, 0.3) is 5.78 Å². The molecule has 2 N–H and O–H groups in total. The molecule has 102 valence electrons. The Kier molecular flexibility index (Phi) is 3.56. The van der Waals surface area contributed by atoms with E-state index < -0.39 is 0 Å². The predicted octanol–water partition coefficient (Wildman–Crippen LogP) is -0.250. The fraction of sp³-hybridized carbons (Fsp3) is 0.583. The highest BCUT2D eigenvalue weighted by Crippen LogP contribution is 2.09. The Bertz CT molecular complexity index is 544. The van der Waals surface area contributed by atoms with Crippen molar-refractivity contribution in [3.8, 4) is 0 Å². The lowest BCUT2D eigenvalue weighted by molar-refractivity contribution is 0.249. The first-order chi connectivity index (χ1) is 9.33. The maximum atomic E-state index is 4.32. The van der Waals surface area contributed by atoms with Gasteiger partial charge in [0.05, 0.1) is 0 Å². The highest BCUT2D eigenvalue weighted by Gasteiger charge is 2.09. The Hall–Kier alpha value is -1.73. The fourth-order valence-electron chi connectivity index (χ4n) is 2.33. The normalized spacial score (nSPS) is 16.9. The molecule has 3 heterocycles. The first-order valence-corrected chi connectivity index (χ1v) is 6.67. The van der Waals surface area contributed by atoms with Crippen molar-refractivity contribution in [3.63, 3.8) is 0 Å². The van der Waals surface area contributed by atoms with E-state index in [1.165, 1.54) is 6.33 Å². The minimum Gasteiger partial charge on any atom is -0.369 e. The van der Waals surface area contributed by atoms with Gasteiger partial charge in [0, 0.05) is 51.0 Å². The molecule has 1 aliphatic rings. The first-order valence-electron chi connectivity index (χ1n) is 6.67. The van der Waals surface area contributed by atoms with Crippen LogP contribution in [0.2, 0.25) is 0 Å². The lowest BCUT2D eigenvalue weighted by Gasteiger charge is -2.27. The van der Waals surface area contributed by atoms with Gasteiger partial charge in [-0.15, -0.1) is 0 Å². The van der Waals surface area contributed by atoms with Gasteiger partial charge in [0.25, 0.3) is 5.78 Å². The molecular formula is C12H19N7. The van der Waals surface area contributed by atoms with Crippen molar-refractivity contribution < 1.29 is 0 Å². The van der Waals surface area contributed by atoms with Crippen LogP contribution in [-0.4, -0.2) is 63.8 Å². The smallest absolute Gasteiger partial charge is 0.254 e. The molecule has 0 spiro atoms. The van der Waals surface area contributed by atoms with E-state index >= 15 is 0 Å². The van der Waals surface area contributed by atoms with Gasteiger partial charge in [-0.2, -0.15) is 14.6 Å². The number of hydrogen-bond acceptors (Lipinski definition) is 6. The second kappa shape index (κ2) is 5.50. The van der Waals surface area contributed by atoms with E-state index in [2.05, 4.69) is 30.6 Å². The second-order valence-electron chi connectivity index (χ2n) is 4.77. The molecule has 7 heteroatoms. The summed E-state index contributed by atoms with van der Waals surface area (Å²) in [4.78, 5) is 10.9. The first kappa shape index (κ1) is 12.3. The molecule has 0 saturated carbocycles. The minimum absolute atomic E-state index is 0.643. The number of aryl methyl sites for hydroxylation is 1. The molecule has 1 saturated heterocycles. The van der Waals surface area contributed by atoms with E-state index in [0.717, 1.165) is 50.8 Å². The van der Waals surface area contributed by atoms with E-state index in [4.69, 9.17) is 0 Å². The molecule has 1 aliphatic heterocycles. The van der Waals surface area contributed by atoms with Crippen LogP contribution >= 0.6 is 0 Å². The average molecular weight is 261 g/mol. The molecule has 0 radical (unpaired) electrons. The molecule has 7 nitrogen and oxygen atoms in total. The summed E-state index contributed by atoms with van der Waals surface area (Å²) < 4.78 is 1.74. The summed E-state index contributed by atoms with van der Waals surface area (Å²) in [5.41, 5.74) is 0.949. The third kappa shape index (κ3) is 2.82. The fourth-order valence-corrected chi connectivity index (χ4v) is 2.33. The number of nitrogens with zero attached hydrogens (tertiary/aromatic N) is 5. The molecule has 0 aliphatic carbocycles. The average Bonchev–Trinajstić information content (AvgIpc) is 2.88. The van der Waals surface area contributed by atoms with Crippen LogP contribution in [-0.2, 0) is 0 Å². The quantitative estimate of drug-likeness (QED) is 0.791. The maximum Gasteiger partial charge on any atom is 0.254 e. The molecule has 1 fully saturated rings. The van der Waals surface area contributed by atoms with Gasteiger partial charge in [-0.3, -0.25) is 4.90 Å². The number of fused-ring (bicyclic) bond motifs is 1.